The molecule has 1 aromatic carbocycles. The van der Waals surface area contributed by atoms with Gasteiger partial charge in [-0.2, -0.15) is 0 Å². The van der Waals surface area contributed by atoms with Crippen LogP contribution in [-0.2, 0) is 0 Å². The molecule has 6 heteroatoms. The number of non-ortho nitro benzene ring substituents is 1. The predicted molar refractivity (Wildman–Crippen MR) is 80.6 cm³/mol. The van der Waals surface area contributed by atoms with Gasteiger partial charge >= 0.3 is 0 Å². The summed E-state index contributed by atoms with van der Waals surface area (Å²) in [6, 6.07) is 5.24. The van der Waals surface area contributed by atoms with E-state index < -0.39 is 0 Å². The molecule has 6 nitrogen and oxygen atoms in total. The Kier molecular flexibility index (Phi) is 3.47. The summed E-state index contributed by atoms with van der Waals surface area (Å²) in [5.74, 6) is 0. The number of nitro groups is 1. The monoisotopic (exact) mass is 287 g/mol. The Labute approximate surface area is 122 Å². The van der Waals surface area contributed by atoms with Crippen molar-refractivity contribution in [2.24, 2.45) is 0 Å². The third kappa shape index (κ3) is 2.54. The Morgan fingerprint density at radius 1 is 1.33 bits per heavy atom. The summed E-state index contributed by atoms with van der Waals surface area (Å²) >= 11 is 0. The molecule has 0 amide bonds. The molecule has 2 heterocycles. The molecule has 21 heavy (non-hydrogen) atoms. The van der Waals surface area contributed by atoms with E-state index in [1.54, 1.807) is 18.3 Å². The Morgan fingerprint density at radius 2 is 2.05 bits per heavy atom. The Balaban J connectivity index is 2.13. The van der Waals surface area contributed by atoms with Gasteiger partial charge in [0.15, 0.2) is 0 Å². The third-order valence-corrected chi connectivity index (χ3v) is 3.99. The van der Waals surface area contributed by atoms with E-state index >= 15 is 0 Å². The van der Waals surface area contributed by atoms with Crippen molar-refractivity contribution in [1.82, 2.24) is 4.98 Å². The molecule has 0 bridgehead atoms. The molecule has 110 valence electrons. The van der Waals surface area contributed by atoms with Crippen LogP contribution in [-0.4, -0.2) is 34.2 Å². The zero-order valence-electron chi connectivity index (χ0n) is 11.8. The molecule has 3 rings (SSSR count). The average molecular weight is 287 g/mol. The van der Waals surface area contributed by atoms with Crippen LogP contribution in [0.1, 0.15) is 18.5 Å². The van der Waals surface area contributed by atoms with E-state index in [2.05, 4.69) is 9.88 Å². The highest BCUT2D eigenvalue weighted by Gasteiger charge is 2.22. The minimum absolute atomic E-state index is 0.0818. The molecule has 0 saturated carbocycles. The van der Waals surface area contributed by atoms with Crippen LogP contribution in [0.25, 0.3) is 10.8 Å². The number of rotatable bonds is 2. The summed E-state index contributed by atoms with van der Waals surface area (Å²) in [7, 11) is 0. The van der Waals surface area contributed by atoms with Gasteiger partial charge in [-0.1, -0.05) is 0 Å². The lowest BCUT2D eigenvalue weighted by Gasteiger charge is -2.32. The van der Waals surface area contributed by atoms with Gasteiger partial charge in [0, 0.05) is 42.1 Å². The number of pyridine rings is 1. The minimum atomic E-state index is -0.372. The highest BCUT2D eigenvalue weighted by Crippen LogP contribution is 2.34. The zero-order valence-corrected chi connectivity index (χ0v) is 11.8. The summed E-state index contributed by atoms with van der Waals surface area (Å²) in [4.78, 5) is 17.2. The molecule has 0 unspecified atom stereocenters. The molecule has 1 aliphatic rings. The lowest BCUT2D eigenvalue weighted by Crippen LogP contribution is -2.35. The van der Waals surface area contributed by atoms with Crippen molar-refractivity contribution in [3.05, 3.63) is 40.2 Å². The van der Waals surface area contributed by atoms with Crippen molar-refractivity contribution in [3.8, 4) is 0 Å². The van der Waals surface area contributed by atoms with Crippen LogP contribution in [0.4, 0.5) is 11.4 Å². The SMILES string of the molecule is Cc1cc2c(N3CCC(O)CC3)ccc([N+](=O)[O-])c2cn1. The highest BCUT2D eigenvalue weighted by atomic mass is 16.6. The van der Waals surface area contributed by atoms with E-state index in [0.717, 1.165) is 42.7 Å². The molecule has 0 spiro atoms. The minimum Gasteiger partial charge on any atom is -0.393 e. The summed E-state index contributed by atoms with van der Waals surface area (Å²) in [6.07, 6.45) is 2.78. The quantitative estimate of drug-likeness (QED) is 0.677. The molecule has 1 fully saturated rings. The van der Waals surface area contributed by atoms with Crippen LogP contribution < -0.4 is 4.90 Å². The smallest absolute Gasteiger partial charge is 0.278 e. The standard InChI is InChI=1S/C15H17N3O3/c1-10-8-12-13(9-16-10)15(18(20)21)3-2-14(12)17-6-4-11(19)5-7-17/h2-3,8-9,11,19H,4-7H2,1H3. The first-order valence-electron chi connectivity index (χ1n) is 7.03. The molecule has 1 aliphatic heterocycles. The van der Waals surface area contributed by atoms with Gasteiger partial charge < -0.3 is 10.0 Å². The number of aliphatic hydroxyl groups is 1. The molecular formula is C15H17N3O3. The number of piperidine rings is 1. The van der Waals surface area contributed by atoms with Crippen LogP contribution in [0.3, 0.4) is 0 Å². The maximum absolute atomic E-state index is 11.2. The van der Waals surface area contributed by atoms with Crippen molar-refractivity contribution < 1.29 is 10.0 Å². The zero-order chi connectivity index (χ0) is 15.0. The maximum Gasteiger partial charge on any atom is 0.278 e. The van der Waals surface area contributed by atoms with Crippen molar-refractivity contribution in [3.63, 3.8) is 0 Å². The predicted octanol–water partition coefficient (Wildman–Crippen LogP) is 2.41. The normalized spacial score (nSPS) is 16.4. The number of fused-ring (bicyclic) bond motifs is 1. The number of nitro benzene ring substituents is 1. The number of hydrogen-bond acceptors (Lipinski definition) is 5. The van der Waals surface area contributed by atoms with Crippen molar-refractivity contribution in [2.75, 3.05) is 18.0 Å². The highest BCUT2D eigenvalue weighted by molar-refractivity contribution is 5.99. The van der Waals surface area contributed by atoms with E-state index in [-0.39, 0.29) is 16.7 Å². The number of aryl methyl sites for hydroxylation is 1. The fourth-order valence-corrected chi connectivity index (χ4v) is 2.85. The molecule has 0 radical (unpaired) electrons. The number of benzene rings is 1. The van der Waals surface area contributed by atoms with E-state index in [9.17, 15) is 15.2 Å². The second kappa shape index (κ2) is 5.29. The second-order valence-corrected chi connectivity index (χ2v) is 5.45. The van der Waals surface area contributed by atoms with Crippen LogP contribution in [0.15, 0.2) is 24.4 Å². The second-order valence-electron chi connectivity index (χ2n) is 5.45. The lowest BCUT2D eigenvalue weighted by molar-refractivity contribution is -0.383. The first kappa shape index (κ1) is 13.8. The van der Waals surface area contributed by atoms with Gasteiger partial charge in [0.2, 0.25) is 0 Å². The third-order valence-electron chi connectivity index (χ3n) is 3.99. The maximum atomic E-state index is 11.2. The van der Waals surface area contributed by atoms with Gasteiger partial charge in [-0.05, 0) is 31.9 Å². The van der Waals surface area contributed by atoms with E-state index in [1.807, 2.05) is 13.0 Å². The van der Waals surface area contributed by atoms with Gasteiger partial charge in [0.1, 0.15) is 0 Å². The van der Waals surface area contributed by atoms with Crippen molar-refractivity contribution in [2.45, 2.75) is 25.9 Å². The van der Waals surface area contributed by atoms with Crippen LogP contribution in [0.2, 0.25) is 0 Å². The first-order valence-corrected chi connectivity index (χ1v) is 7.03. The average Bonchev–Trinajstić information content (AvgIpc) is 2.46. The van der Waals surface area contributed by atoms with E-state index in [1.165, 1.54) is 0 Å². The van der Waals surface area contributed by atoms with Crippen LogP contribution in [0, 0.1) is 17.0 Å². The topological polar surface area (TPSA) is 79.5 Å². The first-order chi connectivity index (χ1) is 10.1. The molecule has 0 aliphatic carbocycles. The van der Waals surface area contributed by atoms with Gasteiger partial charge in [0.05, 0.1) is 16.4 Å². The number of nitrogens with zero attached hydrogens (tertiary/aromatic N) is 3. The van der Waals surface area contributed by atoms with E-state index in [0.29, 0.717) is 5.39 Å². The van der Waals surface area contributed by atoms with E-state index in [4.69, 9.17) is 0 Å². The van der Waals surface area contributed by atoms with Gasteiger partial charge in [0.25, 0.3) is 5.69 Å². The summed E-state index contributed by atoms with van der Waals surface area (Å²) in [5, 5.41) is 22.2. The van der Waals surface area contributed by atoms with Crippen molar-refractivity contribution in [1.29, 1.82) is 0 Å². The summed E-state index contributed by atoms with van der Waals surface area (Å²) in [6.45, 7) is 3.40. The molecule has 2 aromatic rings. The van der Waals surface area contributed by atoms with Gasteiger partial charge in [-0.3, -0.25) is 15.1 Å². The van der Waals surface area contributed by atoms with Crippen LogP contribution in [0.5, 0.6) is 0 Å². The van der Waals surface area contributed by atoms with Crippen molar-refractivity contribution >= 4 is 22.1 Å². The molecule has 1 saturated heterocycles. The molecule has 0 atom stereocenters. The lowest BCUT2D eigenvalue weighted by atomic mass is 10.0. The number of anilines is 1. The Bertz CT molecular complexity index is 694. The molecule has 1 aromatic heterocycles. The number of aromatic nitrogens is 1. The Morgan fingerprint density at radius 3 is 2.71 bits per heavy atom. The Hall–Kier alpha value is -2.21. The van der Waals surface area contributed by atoms with Gasteiger partial charge in [-0.15, -0.1) is 0 Å². The van der Waals surface area contributed by atoms with Gasteiger partial charge in [-0.25, -0.2) is 0 Å². The molecule has 1 N–H and O–H groups in total. The number of hydrogen-bond donors (Lipinski definition) is 1. The summed E-state index contributed by atoms with van der Waals surface area (Å²) < 4.78 is 0. The van der Waals surface area contributed by atoms with Crippen LogP contribution >= 0.6 is 0 Å². The fraction of sp³-hybridized carbons (Fsp3) is 0.400. The molecular weight excluding hydrogens is 270 g/mol. The number of aliphatic hydroxyl groups excluding tert-OH is 1. The largest absolute Gasteiger partial charge is 0.393 e. The summed E-state index contributed by atoms with van der Waals surface area (Å²) in [5.41, 5.74) is 1.90. The fourth-order valence-electron chi connectivity index (χ4n) is 2.85.